The summed E-state index contributed by atoms with van der Waals surface area (Å²) in [6.07, 6.45) is 5.52. The van der Waals surface area contributed by atoms with Crippen molar-refractivity contribution in [1.29, 1.82) is 0 Å². The maximum atomic E-state index is 11.6. The summed E-state index contributed by atoms with van der Waals surface area (Å²) >= 11 is 0. The number of furan rings is 1. The second-order valence-electron chi connectivity index (χ2n) is 3.32. The lowest BCUT2D eigenvalue weighted by Gasteiger charge is -2.03. The zero-order chi connectivity index (χ0) is 11.2. The third-order valence-electron chi connectivity index (χ3n) is 2.18. The van der Waals surface area contributed by atoms with Gasteiger partial charge in [0.15, 0.2) is 0 Å². The Morgan fingerprint density at radius 3 is 2.81 bits per heavy atom. The fourth-order valence-corrected chi connectivity index (χ4v) is 1.36. The largest absolute Gasteiger partial charge is 0.469 e. The molecule has 4 nitrogen and oxygen atoms in total. The van der Waals surface area contributed by atoms with Crippen LogP contribution in [-0.4, -0.2) is 17.4 Å². The van der Waals surface area contributed by atoms with Gasteiger partial charge in [-0.1, -0.05) is 0 Å². The summed E-state index contributed by atoms with van der Waals surface area (Å²) in [5, 5.41) is 2.81. The predicted molar refractivity (Wildman–Crippen MR) is 59.0 cm³/mol. The summed E-state index contributed by atoms with van der Waals surface area (Å²) in [6, 6.07) is 7.09. The zero-order valence-electron chi connectivity index (χ0n) is 8.72. The quantitative estimate of drug-likeness (QED) is 0.845. The van der Waals surface area contributed by atoms with Gasteiger partial charge in [0.1, 0.15) is 5.76 Å². The molecule has 0 fully saturated rings. The molecule has 0 aliphatic rings. The Kier molecular flexibility index (Phi) is 3.33. The van der Waals surface area contributed by atoms with Crippen molar-refractivity contribution in [3.05, 3.63) is 54.2 Å². The van der Waals surface area contributed by atoms with Crippen LogP contribution in [0.25, 0.3) is 0 Å². The van der Waals surface area contributed by atoms with E-state index < -0.39 is 0 Å². The molecule has 0 aromatic carbocycles. The molecule has 0 unspecified atom stereocenters. The van der Waals surface area contributed by atoms with E-state index in [1.807, 2.05) is 12.1 Å². The summed E-state index contributed by atoms with van der Waals surface area (Å²) in [5.41, 5.74) is 0.620. The van der Waals surface area contributed by atoms with Crippen LogP contribution in [0.5, 0.6) is 0 Å². The van der Waals surface area contributed by atoms with Crippen molar-refractivity contribution in [2.75, 3.05) is 6.54 Å². The number of nitrogens with one attached hydrogen (secondary N) is 1. The van der Waals surface area contributed by atoms with E-state index in [9.17, 15) is 4.79 Å². The first kappa shape index (κ1) is 10.4. The van der Waals surface area contributed by atoms with E-state index in [0.29, 0.717) is 18.5 Å². The highest BCUT2D eigenvalue weighted by molar-refractivity contribution is 5.93. The van der Waals surface area contributed by atoms with Gasteiger partial charge >= 0.3 is 0 Å². The summed E-state index contributed by atoms with van der Waals surface area (Å²) in [6.45, 7) is 0.564. The van der Waals surface area contributed by atoms with Crippen LogP contribution in [0.3, 0.4) is 0 Å². The van der Waals surface area contributed by atoms with Crippen LogP contribution in [0, 0.1) is 0 Å². The molecule has 0 radical (unpaired) electrons. The number of aromatic nitrogens is 1. The van der Waals surface area contributed by atoms with Gasteiger partial charge in [0.25, 0.3) is 5.91 Å². The van der Waals surface area contributed by atoms with Crippen LogP contribution in [0.4, 0.5) is 0 Å². The third kappa shape index (κ3) is 2.70. The van der Waals surface area contributed by atoms with Crippen molar-refractivity contribution in [1.82, 2.24) is 10.3 Å². The average molecular weight is 216 g/mol. The predicted octanol–water partition coefficient (Wildman–Crippen LogP) is 1.65. The van der Waals surface area contributed by atoms with Gasteiger partial charge in [-0.2, -0.15) is 0 Å². The Balaban J connectivity index is 1.81. The lowest BCUT2D eigenvalue weighted by atomic mass is 10.2. The molecule has 0 saturated heterocycles. The van der Waals surface area contributed by atoms with E-state index in [-0.39, 0.29) is 5.91 Å². The molecule has 2 aromatic heterocycles. The van der Waals surface area contributed by atoms with E-state index in [1.165, 1.54) is 0 Å². The van der Waals surface area contributed by atoms with Gasteiger partial charge in [-0.15, -0.1) is 0 Å². The van der Waals surface area contributed by atoms with E-state index >= 15 is 0 Å². The number of hydrogen-bond acceptors (Lipinski definition) is 3. The van der Waals surface area contributed by atoms with Crippen molar-refractivity contribution in [3.8, 4) is 0 Å². The average Bonchev–Trinajstić information content (AvgIpc) is 2.83. The second-order valence-corrected chi connectivity index (χ2v) is 3.32. The standard InChI is InChI=1S/C12H12N2O2/c15-12(10-3-6-13-7-4-10)14-8-5-11-2-1-9-16-11/h1-4,6-7,9H,5,8H2,(H,14,15). The van der Waals surface area contributed by atoms with E-state index in [2.05, 4.69) is 10.3 Å². The molecule has 0 spiro atoms. The summed E-state index contributed by atoms with van der Waals surface area (Å²) in [7, 11) is 0. The SMILES string of the molecule is O=C(NCCc1ccco1)c1ccncc1. The topological polar surface area (TPSA) is 55.1 Å². The van der Waals surface area contributed by atoms with Gasteiger partial charge in [0.2, 0.25) is 0 Å². The Bertz CT molecular complexity index is 437. The van der Waals surface area contributed by atoms with Crippen LogP contribution >= 0.6 is 0 Å². The molecule has 82 valence electrons. The van der Waals surface area contributed by atoms with Gasteiger partial charge in [0, 0.05) is 30.9 Å². The minimum atomic E-state index is -0.0889. The van der Waals surface area contributed by atoms with Gasteiger partial charge < -0.3 is 9.73 Å². The Morgan fingerprint density at radius 2 is 2.12 bits per heavy atom. The second kappa shape index (κ2) is 5.11. The van der Waals surface area contributed by atoms with Crippen LogP contribution in [0.15, 0.2) is 47.3 Å². The lowest BCUT2D eigenvalue weighted by Crippen LogP contribution is -2.25. The van der Waals surface area contributed by atoms with Crippen molar-refractivity contribution in [2.45, 2.75) is 6.42 Å². The van der Waals surface area contributed by atoms with Crippen LogP contribution in [0.2, 0.25) is 0 Å². The van der Waals surface area contributed by atoms with Crippen molar-refractivity contribution < 1.29 is 9.21 Å². The number of carbonyl (C=O) groups excluding carboxylic acids is 1. The van der Waals surface area contributed by atoms with E-state index in [4.69, 9.17) is 4.42 Å². The summed E-state index contributed by atoms with van der Waals surface area (Å²) in [4.78, 5) is 15.5. The third-order valence-corrected chi connectivity index (χ3v) is 2.18. The molecule has 16 heavy (non-hydrogen) atoms. The molecule has 2 aromatic rings. The summed E-state index contributed by atoms with van der Waals surface area (Å²) in [5.74, 6) is 0.781. The van der Waals surface area contributed by atoms with Crippen LogP contribution < -0.4 is 5.32 Å². The molecule has 2 rings (SSSR count). The first-order valence-corrected chi connectivity index (χ1v) is 5.07. The molecular formula is C12H12N2O2. The summed E-state index contributed by atoms with van der Waals surface area (Å²) < 4.78 is 5.16. The number of amides is 1. The van der Waals surface area contributed by atoms with Gasteiger partial charge in [-0.3, -0.25) is 9.78 Å². The van der Waals surface area contributed by atoms with Gasteiger partial charge in [0.05, 0.1) is 6.26 Å². The normalized spacial score (nSPS) is 10.0. The van der Waals surface area contributed by atoms with Crippen molar-refractivity contribution >= 4 is 5.91 Å². The number of carbonyl (C=O) groups is 1. The van der Waals surface area contributed by atoms with Crippen molar-refractivity contribution in [2.24, 2.45) is 0 Å². The van der Waals surface area contributed by atoms with E-state index in [0.717, 1.165) is 5.76 Å². The molecule has 2 heterocycles. The lowest BCUT2D eigenvalue weighted by molar-refractivity contribution is 0.0953. The molecule has 1 amide bonds. The Labute approximate surface area is 93.3 Å². The zero-order valence-corrected chi connectivity index (χ0v) is 8.72. The first-order valence-electron chi connectivity index (χ1n) is 5.07. The molecule has 4 heteroatoms. The van der Waals surface area contributed by atoms with Gasteiger partial charge in [-0.05, 0) is 24.3 Å². The van der Waals surface area contributed by atoms with Gasteiger partial charge in [-0.25, -0.2) is 0 Å². The van der Waals surface area contributed by atoms with Crippen LogP contribution in [0.1, 0.15) is 16.1 Å². The molecule has 1 N–H and O–H groups in total. The Morgan fingerprint density at radius 1 is 1.31 bits per heavy atom. The minimum Gasteiger partial charge on any atom is -0.469 e. The number of pyridine rings is 1. The maximum Gasteiger partial charge on any atom is 0.251 e. The Hall–Kier alpha value is -2.10. The molecule has 0 aliphatic carbocycles. The fourth-order valence-electron chi connectivity index (χ4n) is 1.36. The smallest absolute Gasteiger partial charge is 0.251 e. The molecule has 0 saturated carbocycles. The number of rotatable bonds is 4. The number of hydrogen-bond donors (Lipinski definition) is 1. The molecule has 0 atom stereocenters. The monoisotopic (exact) mass is 216 g/mol. The van der Waals surface area contributed by atoms with Crippen molar-refractivity contribution in [3.63, 3.8) is 0 Å². The van der Waals surface area contributed by atoms with E-state index in [1.54, 1.807) is 30.8 Å². The van der Waals surface area contributed by atoms with Crippen LogP contribution in [-0.2, 0) is 6.42 Å². The first-order chi connectivity index (χ1) is 7.86. The highest BCUT2D eigenvalue weighted by Crippen LogP contribution is 2.00. The fraction of sp³-hybridized carbons (Fsp3) is 0.167. The molecular weight excluding hydrogens is 204 g/mol. The minimum absolute atomic E-state index is 0.0889. The number of nitrogens with zero attached hydrogens (tertiary/aromatic N) is 1. The molecule has 0 aliphatic heterocycles. The highest BCUT2D eigenvalue weighted by atomic mass is 16.3. The maximum absolute atomic E-state index is 11.6. The molecule has 0 bridgehead atoms. The highest BCUT2D eigenvalue weighted by Gasteiger charge is 2.03.